The van der Waals surface area contributed by atoms with Gasteiger partial charge < -0.3 is 22.9 Å². The molecule has 0 aromatic heterocycles. The zero-order valence-corrected chi connectivity index (χ0v) is 12.8. The molecule has 12 N–H and O–H groups in total. The highest BCUT2D eigenvalue weighted by Crippen LogP contribution is 2.22. The standard InChI is InChI=1S/C10H22N10.ClH/c1-3-9(5(11)12,6(13)14)19-20-10(4-2,7(15)16)8(17)18;/h3-4H2,1-2H3,(H3,11,12)(H3,13,14)(H3,15,16)(H3,17,18);1H. The summed E-state index contributed by atoms with van der Waals surface area (Å²) in [5, 5.41) is 37.9. The van der Waals surface area contributed by atoms with E-state index < -0.39 is 34.4 Å². The third-order valence-electron chi connectivity index (χ3n) is 3.20. The minimum absolute atomic E-state index is 0. The van der Waals surface area contributed by atoms with Crippen LogP contribution in [-0.4, -0.2) is 34.4 Å². The summed E-state index contributed by atoms with van der Waals surface area (Å²) >= 11 is 0. The van der Waals surface area contributed by atoms with Crippen LogP contribution < -0.4 is 22.9 Å². The highest BCUT2D eigenvalue weighted by atomic mass is 35.5. The average Bonchev–Trinajstić information content (AvgIpc) is 2.33. The number of nitrogens with one attached hydrogen (secondary N) is 4. The number of nitrogens with zero attached hydrogens (tertiary/aromatic N) is 2. The van der Waals surface area contributed by atoms with E-state index in [1.54, 1.807) is 13.8 Å². The van der Waals surface area contributed by atoms with E-state index in [-0.39, 0.29) is 25.2 Å². The van der Waals surface area contributed by atoms with E-state index in [0.717, 1.165) is 0 Å². The number of amidine groups is 4. The predicted molar refractivity (Wildman–Crippen MR) is 85.8 cm³/mol. The van der Waals surface area contributed by atoms with Crippen LogP contribution in [0.1, 0.15) is 26.7 Å². The second kappa shape index (κ2) is 7.53. The van der Waals surface area contributed by atoms with Crippen LogP contribution in [0.15, 0.2) is 10.2 Å². The first-order chi connectivity index (χ1) is 9.10. The van der Waals surface area contributed by atoms with Gasteiger partial charge in [0.15, 0.2) is 11.1 Å². The largest absolute Gasteiger partial charge is 0.385 e. The highest BCUT2D eigenvalue weighted by molar-refractivity contribution is 6.12. The molecule has 0 atom stereocenters. The number of rotatable bonds is 8. The fourth-order valence-corrected chi connectivity index (χ4v) is 1.58. The van der Waals surface area contributed by atoms with Gasteiger partial charge in [-0.05, 0) is 12.8 Å². The molecular weight excluding hydrogens is 296 g/mol. The predicted octanol–water partition coefficient (Wildman–Crippen LogP) is -0.0981. The minimum atomic E-state index is -1.61. The summed E-state index contributed by atoms with van der Waals surface area (Å²) in [7, 11) is 0. The number of hydrogen-bond donors (Lipinski definition) is 8. The zero-order chi connectivity index (χ0) is 16.1. The van der Waals surface area contributed by atoms with Crippen LogP contribution in [0.25, 0.3) is 0 Å². The summed E-state index contributed by atoms with van der Waals surface area (Å²) < 4.78 is 0. The molecule has 0 fully saturated rings. The van der Waals surface area contributed by atoms with Gasteiger partial charge in [0.2, 0.25) is 0 Å². The first-order valence-electron chi connectivity index (χ1n) is 5.92. The molecule has 0 bridgehead atoms. The maximum atomic E-state index is 7.54. The van der Waals surface area contributed by atoms with Gasteiger partial charge in [-0.3, -0.25) is 21.6 Å². The van der Waals surface area contributed by atoms with Crippen LogP contribution in [0.2, 0.25) is 0 Å². The van der Waals surface area contributed by atoms with Gasteiger partial charge in [0.25, 0.3) is 0 Å². The van der Waals surface area contributed by atoms with Crippen molar-refractivity contribution in [1.82, 2.24) is 0 Å². The van der Waals surface area contributed by atoms with Crippen molar-refractivity contribution in [2.24, 2.45) is 33.2 Å². The van der Waals surface area contributed by atoms with Gasteiger partial charge in [0.05, 0.1) is 0 Å². The lowest BCUT2D eigenvalue weighted by Crippen LogP contribution is -2.54. The topological polar surface area (TPSA) is 224 Å². The molecule has 0 saturated carbocycles. The first-order valence-corrected chi connectivity index (χ1v) is 5.92. The van der Waals surface area contributed by atoms with E-state index in [1.807, 2.05) is 0 Å². The second-order valence-corrected chi connectivity index (χ2v) is 4.28. The molecule has 10 nitrogen and oxygen atoms in total. The summed E-state index contributed by atoms with van der Waals surface area (Å²) in [6, 6.07) is 0. The quantitative estimate of drug-likeness (QED) is 0.174. The van der Waals surface area contributed by atoms with Crippen LogP contribution >= 0.6 is 12.4 Å². The van der Waals surface area contributed by atoms with Crippen LogP contribution in [0.5, 0.6) is 0 Å². The lowest BCUT2D eigenvalue weighted by molar-refractivity contribution is 0.572. The number of halogens is 1. The van der Waals surface area contributed by atoms with Crippen LogP contribution in [0, 0.1) is 21.6 Å². The summed E-state index contributed by atoms with van der Waals surface area (Å²) in [6.45, 7) is 3.27. The van der Waals surface area contributed by atoms with Crippen molar-refractivity contribution in [1.29, 1.82) is 21.6 Å². The summed E-state index contributed by atoms with van der Waals surface area (Å²) in [6.07, 6.45) is 0.271. The van der Waals surface area contributed by atoms with Crippen molar-refractivity contribution in [3.05, 3.63) is 0 Å². The Kier molecular flexibility index (Phi) is 7.55. The van der Waals surface area contributed by atoms with Crippen LogP contribution in [0.4, 0.5) is 0 Å². The average molecular weight is 319 g/mol. The van der Waals surface area contributed by atoms with E-state index in [4.69, 9.17) is 44.6 Å². The van der Waals surface area contributed by atoms with Crippen molar-refractivity contribution in [2.45, 2.75) is 37.8 Å². The Morgan fingerprint density at radius 2 is 0.905 bits per heavy atom. The molecule has 21 heavy (non-hydrogen) atoms. The van der Waals surface area contributed by atoms with Crippen molar-refractivity contribution in [3.63, 3.8) is 0 Å². The molecule has 11 heteroatoms. The molecule has 0 aliphatic heterocycles. The Hall–Kier alpha value is -2.23. The van der Waals surface area contributed by atoms with E-state index in [1.165, 1.54) is 0 Å². The maximum absolute atomic E-state index is 7.54. The van der Waals surface area contributed by atoms with E-state index in [0.29, 0.717) is 0 Å². The van der Waals surface area contributed by atoms with E-state index in [9.17, 15) is 0 Å². The molecule has 0 heterocycles. The molecule has 0 unspecified atom stereocenters. The van der Waals surface area contributed by atoms with Crippen molar-refractivity contribution < 1.29 is 0 Å². The number of nitrogens with two attached hydrogens (primary N) is 4. The normalized spacial score (nSPS) is 16.3. The zero-order valence-electron chi connectivity index (χ0n) is 12.0. The molecule has 0 rings (SSSR count). The fourth-order valence-electron chi connectivity index (χ4n) is 1.58. The molecule has 120 valence electrons. The SMILES string of the molecule is CCC(N=NC(CC)(C(=N)N)C(=N)N)(C(=N)N)C(=N)N.Cl. The fraction of sp³-hybridized carbons (Fsp3) is 0.600. The Morgan fingerprint density at radius 3 is 1.00 bits per heavy atom. The third kappa shape index (κ3) is 3.66. The van der Waals surface area contributed by atoms with Crippen molar-refractivity contribution in [2.75, 3.05) is 0 Å². The molecule has 0 amide bonds. The number of hydrogen-bond acceptors (Lipinski definition) is 6. The molecule has 0 aliphatic rings. The Balaban J connectivity index is 0. The van der Waals surface area contributed by atoms with Gasteiger partial charge in [-0.2, -0.15) is 10.2 Å². The van der Waals surface area contributed by atoms with E-state index in [2.05, 4.69) is 10.2 Å². The van der Waals surface area contributed by atoms with Gasteiger partial charge in [-0.1, -0.05) is 13.8 Å². The highest BCUT2D eigenvalue weighted by Gasteiger charge is 2.41. The lowest BCUT2D eigenvalue weighted by atomic mass is 9.93. The Labute approximate surface area is 129 Å². The first kappa shape index (κ1) is 21.1. The molecule has 0 spiro atoms. The second-order valence-electron chi connectivity index (χ2n) is 4.28. The molecular formula is C10H23ClN10. The summed E-state index contributed by atoms with van der Waals surface area (Å²) in [4.78, 5) is 0. The maximum Gasteiger partial charge on any atom is 0.193 e. The summed E-state index contributed by atoms with van der Waals surface area (Å²) in [5.74, 6) is -1.80. The van der Waals surface area contributed by atoms with Gasteiger partial charge in [-0.25, -0.2) is 0 Å². The molecule has 0 radical (unpaired) electrons. The van der Waals surface area contributed by atoms with E-state index >= 15 is 0 Å². The molecule has 0 saturated heterocycles. The smallest absolute Gasteiger partial charge is 0.193 e. The molecule has 0 aliphatic carbocycles. The van der Waals surface area contributed by atoms with Gasteiger partial charge in [-0.15, -0.1) is 12.4 Å². The Morgan fingerprint density at radius 1 is 0.714 bits per heavy atom. The van der Waals surface area contributed by atoms with Crippen LogP contribution in [0.3, 0.4) is 0 Å². The lowest BCUT2D eigenvalue weighted by Gasteiger charge is -2.28. The third-order valence-corrected chi connectivity index (χ3v) is 3.20. The number of azo groups is 1. The Bertz CT molecular complexity index is 398. The monoisotopic (exact) mass is 318 g/mol. The van der Waals surface area contributed by atoms with Crippen molar-refractivity contribution >= 4 is 35.7 Å². The van der Waals surface area contributed by atoms with Crippen LogP contribution in [-0.2, 0) is 0 Å². The minimum Gasteiger partial charge on any atom is -0.385 e. The van der Waals surface area contributed by atoms with Gasteiger partial charge in [0, 0.05) is 0 Å². The molecule has 0 aromatic carbocycles. The summed E-state index contributed by atoms with van der Waals surface area (Å²) in [5.41, 5.74) is 18.6. The van der Waals surface area contributed by atoms with Gasteiger partial charge in [0.1, 0.15) is 23.3 Å². The van der Waals surface area contributed by atoms with Crippen molar-refractivity contribution in [3.8, 4) is 0 Å². The molecule has 0 aromatic rings. The van der Waals surface area contributed by atoms with Gasteiger partial charge >= 0.3 is 0 Å².